The maximum atomic E-state index is 12.1. The standard InChI is InChI=1S/C18H21NO2S/c1-4-21-15-8-10-16(11-9-15)22-12-17(20)19-18-13(2)6-5-7-14(18)3/h5-11H,4,12H2,1-3H3,(H,19,20). The van der Waals surface area contributed by atoms with Gasteiger partial charge in [0.2, 0.25) is 5.91 Å². The molecular weight excluding hydrogens is 294 g/mol. The van der Waals surface area contributed by atoms with Gasteiger partial charge in [-0.25, -0.2) is 0 Å². The Bertz CT molecular complexity index is 618. The minimum absolute atomic E-state index is 0.0104. The van der Waals surface area contributed by atoms with Crippen molar-refractivity contribution in [2.45, 2.75) is 25.7 Å². The van der Waals surface area contributed by atoms with Crippen molar-refractivity contribution >= 4 is 23.4 Å². The molecule has 0 aliphatic carbocycles. The van der Waals surface area contributed by atoms with E-state index in [1.165, 1.54) is 11.8 Å². The van der Waals surface area contributed by atoms with Crippen LogP contribution in [0.1, 0.15) is 18.1 Å². The van der Waals surface area contributed by atoms with Gasteiger partial charge in [-0.05, 0) is 56.2 Å². The van der Waals surface area contributed by atoms with E-state index in [1.54, 1.807) is 0 Å². The highest BCUT2D eigenvalue weighted by Gasteiger charge is 2.08. The van der Waals surface area contributed by atoms with E-state index in [4.69, 9.17) is 4.74 Å². The normalized spacial score (nSPS) is 10.3. The van der Waals surface area contributed by atoms with E-state index in [9.17, 15) is 4.79 Å². The number of hydrogen-bond donors (Lipinski definition) is 1. The number of anilines is 1. The molecular formula is C18H21NO2S. The lowest BCUT2D eigenvalue weighted by atomic mass is 10.1. The molecule has 4 heteroatoms. The molecule has 3 nitrogen and oxygen atoms in total. The SMILES string of the molecule is CCOc1ccc(SCC(=O)Nc2c(C)cccc2C)cc1. The van der Waals surface area contributed by atoms with Gasteiger partial charge >= 0.3 is 0 Å². The second-order valence-corrected chi connectivity index (χ2v) is 6.06. The molecule has 0 aliphatic rings. The first kappa shape index (κ1) is 16.4. The third kappa shape index (κ3) is 4.53. The quantitative estimate of drug-likeness (QED) is 0.801. The summed E-state index contributed by atoms with van der Waals surface area (Å²) in [5.41, 5.74) is 3.08. The average Bonchev–Trinajstić information content (AvgIpc) is 2.51. The first-order chi connectivity index (χ1) is 10.6. The fourth-order valence-electron chi connectivity index (χ4n) is 2.13. The molecule has 22 heavy (non-hydrogen) atoms. The van der Waals surface area contributed by atoms with Crippen LogP contribution in [0.25, 0.3) is 0 Å². The zero-order valence-corrected chi connectivity index (χ0v) is 14.0. The second-order valence-electron chi connectivity index (χ2n) is 5.01. The van der Waals surface area contributed by atoms with Crippen molar-refractivity contribution in [3.8, 4) is 5.75 Å². The molecule has 0 spiro atoms. The molecule has 0 bridgehead atoms. The van der Waals surface area contributed by atoms with E-state index < -0.39 is 0 Å². The number of carbonyl (C=O) groups excluding carboxylic acids is 1. The van der Waals surface area contributed by atoms with Gasteiger partial charge in [0, 0.05) is 10.6 Å². The Hall–Kier alpha value is -1.94. The van der Waals surface area contributed by atoms with Crippen LogP contribution >= 0.6 is 11.8 Å². The van der Waals surface area contributed by atoms with Crippen LogP contribution in [0.2, 0.25) is 0 Å². The van der Waals surface area contributed by atoms with Crippen LogP contribution < -0.4 is 10.1 Å². The van der Waals surface area contributed by atoms with Crippen molar-refractivity contribution in [1.29, 1.82) is 0 Å². The zero-order chi connectivity index (χ0) is 15.9. The van der Waals surface area contributed by atoms with Gasteiger partial charge < -0.3 is 10.1 Å². The lowest BCUT2D eigenvalue weighted by Crippen LogP contribution is -2.15. The summed E-state index contributed by atoms with van der Waals surface area (Å²) in [4.78, 5) is 13.2. The van der Waals surface area contributed by atoms with Gasteiger partial charge in [0.25, 0.3) is 0 Å². The van der Waals surface area contributed by atoms with Crippen molar-refractivity contribution in [1.82, 2.24) is 0 Å². The first-order valence-corrected chi connectivity index (χ1v) is 8.30. The summed E-state index contributed by atoms with van der Waals surface area (Å²) >= 11 is 1.52. The van der Waals surface area contributed by atoms with Crippen LogP contribution in [0.15, 0.2) is 47.4 Å². The second kappa shape index (κ2) is 7.90. The van der Waals surface area contributed by atoms with Crippen LogP contribution in [0.4, 0.5) is 5.69 Å². The molecule has 0 aromatic heterocycles. The summed E-state index contributed by atoms with van der Waals surface area (Å²) in [6.07, 6.45) is 0. The molecule has 2 rings (SSSR count). The summed E-state index contributed by atoms with van der Waals surface area (Å²) < 4.78 is 5.40. The first-order valence-electron chi connectivity index (χ1n) is 7.32. The highest BCUT2D eigenvalue weighted by Crippen LogP contribution is 2.23. The van der Waals surface area contributed by atoms with Crippen molar-refractivity contribution in [3.63, 3.8) is 0 Å². The molecule has 0 radical (unpaired) electrons. The molecule has 1 amide bonds. The lowest BCUT2D eigenvalue weighted by molar-refractivity contribution is -0.113. The number of carbonyl (C=O) groups is 1. The van der Waals surface area contributed by atoms with Crippen LogP contribution in [-0.2, 0) is 4.79 Å². The molecule has 0 aliphatic heterocycles. The largest absolute Gasteiger partial charge is 0.494 e. The van der Waals surface area contributed by atoms with E-state index in [-0.39, 0.29) is 5.91 Å². The molecule has 2 aromatic carbocycles. The van der Waals surface area contributed by atoms with Gasteiger partial charge in [0.15, 0.2) is 0 Å². The van der Waals surface area contributed by atoms with Gasteiger partial charge in [0.1, 0.15) is 5.75 Å². The van der Waals surface area contributed by atoms with Crippen molar-refractivity contribution in [2.24, 2.45) is 0 Å². The highest BCUT2D eigenvalue weighted by molar-refractivity contribution is 8.00. The Morgan fingerprint density at radius 3 is 2.32 bits per heavy atom. The van der Waals surface area contributed by atoms with E-state index >= 15 is 0 Å². The Morgan fingerprint density at radius 1 is 1.09 bits per heavy atom. The number of para-hydroxylation sites is 1. The number of ether oxygens (including phenoxy) is 1. The minimum atomic E-state index is 0.0104. The Kier molecular flexibility index (Phi) is 5.90. The summed E-state index contributed by atoms with van der Waals surface area (Å²) in [7, 11) is 0. The molecule has 0 saturated carbocycles. The van der Waals surface area contributed by atoms with Crippen LogP contribution in [0.3, 0.4) is 0 Å². The maximum absolute atomic E-state index is 12.1. The van der Waals surface area contributed by atoms with Gasteiger partial charge in [-0.1, -0.05) is 18.2 Å². The van der Waals surface area contributed by atoms with E-state index in [2.05, 4.69) is 5.32 Å². The number of aryl methyl sites for hydroxylation is 2. The maximum Gasteiger partial charge on any atom is 0.234 e. The summed E-state index contributed by atoms with van der Waals surface area (Å²) in [6, 6.07) is 13.8. The summed E-state index contributed by atoms with van der Waals surface area (Å²) in [6.45, 7) is 6.62. The van der Waals surface area contributed by atoms with Gasteiger partial charge in [-0.3, -0.25) is 4.79 Å². The average molecular weight is 315 g/mol. The molecule has 116 valence electrons. The molecule has 2 aromatic rings. The zero-order valence-electron chi connectivity index (χ0n) is 13.2. The summed E-state index contributed by atoms with van der Waals surface area (Å²) in [5.74, 6) is 1.25. The van der Waals surface area contributed by atoms with Crippen LogP contribution in [-0.4, -0.2) is 18.3 Å². The third-order valence-electron chi connectivity index (χ3n) is 3.25. The predicted molar refractivity (Wildman–Crippen MR) is 92.9 cm³/mol. The van der Waals surface area contributed by atoms with E-state index in [1.807, 2.05) is 63.2 Å². The number of benzene rings is 2. The molecule has 0 unspecified atom stereocenters. The van der Waals surface area contributed by atoms with Crippen LogP contribution in [0, 0.1) is 13.8 Å². The lowest BCUT2D eigenvalue weighted by Gasteiger charge is -2.11. The number of hydrogen-bond acceptors (Lipinski definition) is 3. The molecule has 0 saturated heterocycles. The molecule has 0 heterocycles. The number of rotatable bonds is 6. The molecule has 0 atom stereocenters. The third-order valence-corrected chi connectivity index (χ3v) is 4.26. The predicted octanol–water partition coefficient (Wildman–Crippen LogP) is 4.43. The van der Waals surface area contributed by atoms with Crippen molar-refractivity contribution in [3.05, 3.63) is 53.6 Å². The fraction of sp³-hybridized carbons (Fsp3) is 0.278. The van der Waals surface area contributed by atoms with E-state index in [0.717, 1.165) is 27.5 Å². The Morgan fingerprint density at radius 2 is 1.73 bits per heavy atom. The number of thioether (sulfide) groups is 1. The summed E-state index contributed by atoms with van der Waals surface area (Å²) in [5, 5.41) is 3.00. The van der Waals surface area contributed by atoms with Crippen molar-refractivity contribution in [2.75, 3.05) is 17.7 Å². The monoisotopic (exact) mass is 315 g/mol. The van der Waals surface area contributed by atoms with E-state index in [0.29, 0.717) is 12.4 Å². The topological polar surface area (TPSA) is 38.3 Å². The Labute approximate surface area is 136 Å². The highest BCUT2D eigenvalue weighted by atomic mass is 32.2. The fourth-order valence-corrected chi connectivity index (χ4v) is 2.83. The van der Waals surface area contributed by atoms with Crippen LogP contribution in [0.5, 0.6) is 5.75 Å². The Balaban J connectivity index is 1.90. The number of amides is 1. The van der Waals surface area contributed by atoms with Crippen molar-refractivity contribution < 1.29 is 9.53 Å². The smallest absolute Gasteiger partial charge is 0.234 e. The minimum Gasteiger partial charge on any atom is -0.494 e. The molecule has 1 N–H and O–H groups in total. The van der Waals surface area contributed by atoms with Gasteiger partial charge in [0.05, 0.1) is 12.4 Å². The molecule has 0 fully saturated rings. The number of nitrogens with one attached hydrogen (secondary N) is 1. The van der Waals surface area contributed by atoms with Gasteiger partial charge in [-0.2, -0.15) is 0 Å². The van der Waals surface area contributed by atoms with Gasteiger partial charge in [-0.15, -0.1) is 11.8 Å².